The molecule has 3 rings (SSSR count). The summed E-state index contributed by atoms with van der Waals surface area (Å²) in [6.45, 7) is 7.13. The molecular weight excluding hydrogens is 390 g/mol. The van der Waals surface area contributed by atoms with E-state index in [1.54, 1.807) is 18.1 Å². The van der Waals surface area contributed by atoms with Crippen LogP contribution < -0.4 is 9.64 Å². The highest BCUT2D eigenvalue weighted by atomic mass is 32.2. The number of imide groups is 1. The van der Waals surface area contributed by atoms with Crippen molar-refractivity contribution >= 4 is 40.6 Å². The summed E-state index contributed by atoms with van der Waals surface area (Å²) in [7, 11) is 1.58. The van der Waals surface area contributed by atoms with Crippen molar-refractivity contribution in [2.45, 2.75) is 26.7 Å². The zero-order chi connectivity index (χ0) is 21.0. The Morgan fingerprint density at radius 2 is 1.90 bits per heavy atom. The van der Waals surface area contributed by atoms with Crippen molar-refractivity contribution in [2.75, 3.05) is 44.7 Å². The number of likely N-dealkylation sites (tertiary alicyclic amines) is 1. The quantitative estimate of drug-likeness (QED) is 0.635. The van der Waals surface area contributed by atoms with Crippen LogP contribution in [0, 0.1) is 0 Å². The summed E-state index contributed by atoms with van der Waals surface area (Å²) in [5.74, 6) is 0.0315. The number of hydrogen-bond acceptors (Lipinski definition) is 6. The molecule has 8 heteroatoms. The van der Waals surface area contributed by atoms with Crippen molar-refractivity contribution in [1.82, 2.24) is 9.80 Å². The largest absolute Gasteiger partial charge is 0.496 e. The molecule has 0 radical (unpaired) electrons. The number of ether oxygens (including phenoxy) is 1. The van der Waals surface area contributed by atoms with Gasteiger partial charge in [-0.3, -0.25) is 19.3 Å². The molecule has 0 N–H and O–H groups in total. The van der Waals surface area contributed by atoms with E-state index in [1.165, 1.54) is 0 Å². The van der Waals surface area contributed by atoms with Gasteiger partial charge in [0.1, 0.15) is 12.3 Å². The molecule has 2 aliphatic heterocycles. The van der Waals surface area contributed by atoms with Crippen molar-refractivity contribution in [3.05, 3.63) is 28.7 Å². The highest BCUT2D eigenvalue weighted by Gasteiger charge is 2.37. The molecule has 0 unspecified atom stereocenters. The molecule has 2 aliphatic rings. The minimum Gasteiger partial charge on any atom is -0.496 e. The van der Waals surface area contributed by atoms with E-state index in [1.807, 2.05) is 18.2 Å². The number of rotatable bonds is 7. The molecule has 0 aliphatic carbocycles. The molecule has 0 saturated carbocycles. The van der Waals surface area contributed by atoms with Gasteiger partial charge in [-0.15, -0.1) is 0 Å². The fourth-order valence-corrected chi connectivity index (χ4v) is 4.41. The Morgan fingerprint density at radius 3 is 2.52 bits per heavy atom. The molecule has 1 aromatic rings. The van der Waals surface area contributed by atoms with Crippen LogP contribution in [-0.4, -0.2) is 66.7 Å². The third-order valence-electron chi connectivity index (χ3n) is 5.26. The van der Waals surface area contributed by atoms with Gasteiger partial charge in [0.2, 0.25) is 5.91 Å². The Bertz CT molecular complexity index is 829. The Labute approximate surface area is 175 Å². The molecule has 0 bridgehead atoms. The van der Waals surface area contributed by atoms with E-state index in [-0.39, 0.29) is 12.5 Å². The van der Waals surface area contributed by atoms with Crippen molar-refractivity contribution in [3.8, 4) is 5.75 Å². The summed E-state index contributed by atoms with van der Waals surface area (Å²) in [6.07, 6.45) is 3.60. The predicted octanol–water partition coefficient (Wildman–Crippen LogP) is 3.20. The van der Waals surface area contributed by atoms with Crippen LogP contribution in [-0.2, 0) is 9.59 Å². The number of nitrogens with zero attached hydrogens (tertiary/aromatic N) is 3. The normalized spacial score (nSPS) is 18.1. The second-order valence-corrected chi connectivity index (χ2v) is 7.95. The fourth-order valence-electron chi connectivity index (χ4n) is 3.58. The van der Waals surface area contributed by atoms with Gasteiger partial charge in [-0.05, 0) is 56.7 Å². The van der Waals surface area contributed by atoms with Crippen LogP contribution in [0.15, 0.2) is 23.1 Å². The molecule has 0 atom stereocenters. The van der Waals surface area contributed by atoms with Crippen LogP contribution in [0.2, 0.25) is 0 Å². The third kappa shape index (κ3) is 4.58. The number of amides is 3. The molecular formula is C21H27N3O4S. The number of hydrogen-bond donors (Lipinski definition) is 0. The Morgan fingerprint density at radius 1 is 1.21 bits per heavy atom. The zero-order valence-electron chi connectivity index (χ0n) is 17.1. The summed E-state index contributed by atoms with van der Waals surface area (Å²) >= 11 is 0.862. The van der Waals surface area contributed by atoms with Crippen molar-refractivity contribution in [3.63, 3.8) is 0 Å². The lowest BCUT2D eigenvalue weighted by molar-refractivity contribution is -0.135. The average Bonchev–Trinajstić information content (AvgIpc) is 3.35. The van der Waals surface area contributed by atoms with Crippen LogP contribution in [0.3, 0.4) is 0 Å². The number of methoxy groups -OCH3 is 1. The van der Waals surface area contributed by atoms with Gasteiger partial charge in [-0.1, -0.05) is 0 Å². The molecule has 1 aromatic carbocycles. The second-order valence-electron chi connectivity index (χ2n) is 6.95. The number of benzene rings is 1. The molecule has 3 amide bonds. The lowest BCUT2D eigenvalue weighted by Crippen LogP contribution is -2.40. The van der Waals surface area contributed by atoms with E-state index < -0.39 is 11.1 Å². The molecule has 156 valence electrons. The fraction of sp³-hybridized carbons (Fsp3) is 0.476. The van der Waals surface area contributed by atoms with Crippen LogP contribution in [0.25, 0.3) is 6.08 Å². The standard InChI is InChI=1S/C21H27N3O4S/c1-4-22(5-2)16-9-8-15(17(13-16)28-3)12-18-20(26)24(21(27)29-18)14-19(25)23-10-6-7-11-23/h8-9,12-13H,4-7,10-11,14H2,1-3H3. The summed E-state index contributed by atoms with van der Waals surface area (Å²) in [6, 6.07) is 5.79. The summed E-state index contributed by atoms with van der Waals surface area (Å²) in [5.41, 5.74) is 1.76. The smallest absolute Gasteiger partial charge is 0.294 e. The van der Waals surface area contributed by atoms with Gasteiger partial charge in [-0.25, -0.2) is 0 Å². The molecule has 2 saturated heterocycles. The van der Waals surface area contributed by atoms with E-state index in [2.05, 4.69) is 18.7 Å². The van der Waals surface area contributed by atoms with Crippen LogP contribution in [0.1, 0.15) is 32.3 Å². The summed E-state index contributed by atoms with van der Waals surface area (Å²) in [4.78, 5) is 42.7. The maximum Gasteiger partial charge on any atom is 0.294 e. The maximum absolute atomic E-state index is 12.7. The molecule has 0 spiro atoms. The van der Waals surface area contributed by atoms with Crippen LogP contribution >= 0.6 is 11.8 Å². The first-order valence-electron chi connectivity index (χ1n) is 9.94. The molecule has 29 heavy (non-hydrogen) atoms. The summed E-state index contributed by atoms with van der Waals surface area (Å²) in [5, 5.41) is -0.410. The lowest BCUT2D eigenvalue weighted by atomic mass is 10.1. The van der Waals surface area contributed by atoms with Crippen molar-refractivity contribution in [2.24, 2.45) is 0 Å². The van der Waals surface area contributed by atoms with Crippen molar-refractivity contribution < 1.29 is 19.1 Å². The third-order valence-corrected chi connectivity index (χ3v) is 6.17. The van der Waals surface area contributed by atoms with Gasteiger partial charge in [0.05, 0.1) is 12.0 Å². The molecule has 2 heterocycles. The highest BCUT2D eigenvalue weighted by Crippen LogP contribution is 2.35. The van der Waals surface area contributed by atoms with E-state index in [9.17, 15) is 14.4 Å². The zero-order valence-corrected chi connectivity index (χ0v) is 18.0. The highest BCUT2D eigenvalue weighted by molar-refractivity contribution is 8.18. The Hall–Kier alpha value is -2.48. The van der Waals surface area contributed by atoms with E-state index in [0.717, 1.165) is 53.8 Å². The first-order chi connectivity index (χ1) is 14.0. The maximum atomic E-state index is 12.7. The molecule has 2 fully saturated rings. The van der Waals surface area contributed by atoms with E-state index >= 15 is 0 Å². The van der Waals surface area contributed by atoms with Gasteiger partial charge in [0, 0.05) is 43.5 Å². The van der Waals surface area contributed by atoms with E-state index in [0.29, 0.717) is 23.7 Å². The monoisotopic (exact) mass is 417 g/mol. The molecule has 7 nitrogen and oxygen atoms in total. The second kappa shape index (κ2) is 9.35. The first-order valence-corrected chi connectivity index (χ1v) is 10.8. The number of anilines is 1. The van der Waals surface area contributed by atoms with Gasteiger partial charge >= 0.3 is 0 Å². The number of carbonyl (C=O) groups is 3. The van der Waals surface area contributed by atoms with E-state index in [4.69, 9.17) is 4.74 Å². The topological polar surface area (TPSA) is 70.2 Å². The SMILES string of the molecule is CCN(CC)c1ccc(C=C2SC(=O)N(CC(=O)N3CCCC3)C2=O)c(OC)c1. The lowest BCUT2D eigenvalue weighted by Gasteiger charge is -2.22. The first kappa shape index (κ1) is 21.2. The van der Waals surface area contributed by atoms with Crippen LogP contribution in [0.5, 0.6) is 5.75 Å². The average molecular weight is 418 g/mol. The Balaban J connectivity index is 1.78. The number of thioether (sulfide) groups is 1. The number of carbonyl (C=O) groups excluding carboxylic acids is 3. The van der Waals surface area contributed by atoms with Crippen LogP contribution in [0.4, 0.5) is 10.5 Å². The van der Waals surface area contributed by atoms with Gasteiger partial charge in [-0.2, -0.15) is 0 Å². The molecule has 0 aromatic heterocycles. The van der Waals surface area contributed by atoms with Gasteiger partial charge < -0.3 is 14.5 Å². The van der Waals surface area contributed by atoms with Gasteiger partial charge in [0.15, 0.2) is 0 Å². The minimum absolute atomic E-state index is 0.174. The van der Waals surface area contributed by atoms with Gasteiger partial charge in [0.25, 0.3) is 11.1 Å². The predicted molar refractivity (Wildman–Crippen MR) is 115 cm³/mol. The minimum atomic E-state index is -0.428. The Kier molecular flexibility index (Phi) is 6.84. The van der Waals surface area contributed by atoms with Crippen molar-refractivity contribution in [1.29, 1.82) is 0 Å². The summed E-state index contributed by atoms with van der Waals surface area (Å²) < 4.78 is 5.51.